The summed E-state index contributed by atoms with van der Waals surface area (Å²) in [5, 5.41) is 8.31. The first-order chi connectivity index (χ1) is 55.3. The van der Waals surface area contributed by atoms with Crippen LogP contribution in [0.2, 0.25) is 0 Å². The van der Waals surface area contributed by atoms with Crippen LogP contribution in [-0.2, 0) is 74.0 Å². The van der Waals surface area contributed by atoms with Crippen LogP contribution in [0.25, 0.3) is 0 Å². The summed E-state index contributed by atoms with van der Waals surface area (Å²) in [6, 6.07) is 62.1. The molecule has 0 bridgehead atoms. The monoisotopic (exact) mass is 1530 g/mol. The van der Waals surface area contributed by atoms with Crippen LogP contribution in [0, 0.1) is 71.0 Å². The number of nitrogens with zero attached hydrogens (tertiary/aromatic N) is 4. The second-order valence-electron chi connectivity index (χ2n) is 29.5. The van der Waals surface area contributed by atoms with Gasteiger partial charge in [0.2, 0.25) is 35.4 Å². The Bertz CT molecular complexity index is 4930. The minimum atomic E-state index is -0.343. The summed E-state index contributed by atoms with van der Waals surface area (Å²) in [5.74, 6) is 26.4. The summed E-state index contributed by atoms with van der Waals surface area (Å²) >= 11 is 0. The Hall–Kier alpha value is -12.1. The zero-order valence-corrected chi connectivity index (χ0v) is 67.0. The number of hydrogen-bond donors (Lipinski definition) is 3. The maximum absolute atomic E-state index is 13.1. The zero-order chi connectivity index (χ0) is 81.0. The van der Waals surface area contributed by atoms with Crippen molar-refractivity contribution in [2.45, 2.75) is 127 Å². The molecular weight excluding hydrogens is 1420 g/mol. The van der Waals surface area contributed by atoms with Crippen molar-refractivity contribution in [2.75, 3.05) is 78.9 Å². The highest BCUT2D eigenvalue weighted by molar-refractivity contribution is 6.07. The molecule has 4 aliphatic rings. The summed E-state index contributed by atoms with van der Waals surface area (Å²) in [5.41, 5.74) is 14.2. The van der Waals surface area contributed by atoms with E-state index in [4.69, 9.17) is 14.2 Å². The number of carbonyl (C=O) groups is 7. The fraction of sp³-hybridized carbons (Fsp3) is 0.330. The van der Waals surface area contributed by atoms with Crippen LogP contribution in [0.3, 0.4) is 0 Å². The lowest BCUT2D eigenvalue weighted by Crippen LogP contribution is -2.37. The summed E-state index contributed by atoms with van der Waals surface area (Å²) in [6.07, 6.45) is 6.80. The SMILES string of the molecule is CC(C)C=CC(=O)NCCCNC(=O)CC(=O)N1Cc2ccccc2C#Cc2ccccc21.CC(C)CCOCC(=O)N1Cc2ccccc2C#Cc2ccccc21.CC(C)CCOCCC(=O)N1Cc2ccccc2C#Cc2ccccc21.CC(C)CCOCCNC(=O)CC(=O)N1Cc2ccccc2C#Cc2ccccc21. The predicted molar refractivity (Wildman–Crippen MR) is 453 cm³/mol. The quantitative estimate of drug-likeness (QED) is 0.0193. The molecule has 0 radical (unpaired) electrons. The highest BCUT2D eigenvalue weighted by atomic mass is 16.5. The number of hydrogen-bond acceptors (Lipinski definition) is 10. The first-order valence-corrected chi connectivity index (χ1v) is 39.5. The summed E-state index contributed by atoms with van der Waals surface area (Å²) in [6.45, 7) is 22.9. The standard InChI is InChI=1S/C27H29N3O3.C25H28N2O3.C23H25NO2.C22H23NO2/c1-20(2)12-15-25(31)28-16-7-17-29-26(32)18-27(33)30-19-23-10-4-3-8-21(23)13-14-22-9-5-6-11-24(22)30;1-19(2)13-15-30-16-14-26-24(28)17-25(29)27-18-22-9-4-3-7-20(22)11-12-21-8-5-6-10-23(21)27;1-18(2)13-15-26-16-14-23(25)24-17-21-9-4-3-7-19(21)11-12-20-8-5-6-10-22(20)24;1-17(2)13-14-25-16-22(24)23-15-20-9-4-3-7-18(20)11-12-19-8-5-6-10-21(19)23/h3-6,8-12,15,20H,7,16-19H2,1-2H3,(H,28,31)(H,29,32);3-10,19H,13-18H2,1-2H3,(H,26,28);3-10,18H,13-17H2,1-2H3;3-10,17H,13-16H2,1-2H3. The van der Waals surface area contributed by atoms with Gasteiger partial charge in [0.1, 0.15) is 19.4 Å². The Balaban J connectivity index is 0.000000175. The number of ether oxygens (including phenoxy) is 3. The highest BCUT2D eigenvalue weighted by Crippen LogP contribution is 2.31. The van der Waals surface area contributed by atoms with Crippen LogP contribution in [-0.4, -0.2) is 101 Å². The van der Waals surface area contributed by atoms with Gasteiger partial charge in [-0.2, -0.15) is 0 Å². The van der Waals surface area contributed by atoms with Crippen LogP contribution in [0.4, 0.5) is 22.7 Å². The molecule has 4 aliphatic heterocycles. The molecule has 0 atom stereocenters. The topological polar surface area (TPSA) is 196 Å². The van der Waals surface area contributed by atoms with E-state index in [0.29, 0.717) is 121 Å². The molecule has 0 aliphatic carbocycles. The van der Waals surface area contributed by atoms with E-state index < -0.39 is 0 Å². The van der Waals surface area contributed by atoms with Crippen LogP contribution in [0.15, 0.2) is 206 Å². The molecule has 4 heterocycles. The number of nitrogens with one attached hydrogen (secondary N) is 3. The van der Waals surface area contributed by atoms with Crippen LogP contribution < -0.4 is 35.6 Å². The van der Waals surface area contributed by atoms with E-state index in [1.807, 2.05) is 219 Å². The maximum atomic E-state index is 13.1. The first-order valence-electron chi connectivity index (χ1n) is 39.5. The third-order valence-electron chi connectivity index (χ3n) is 18.7. The molecule has 0 spiro atoms. The predicted octanol–water partition coefficient (Wildman–Crippen LogP) is 15.0. The van der Waals surface area contributed by atoms with Crippen molar-refractivity contribution in [3.8, 4) is 47.4 Å². The van der Waals surface area contributed by atoms with Crippen molar-refractivity contribution in [2.24, 2.45) is 23.7 Å². The van der Waals surface area contributed by atoms with Crippen LogP contribution in [0.1, 0.15) is 167 Å². The number of amides is 7. The molecule has 8 aromatic carbocycles. The van der Waals surface area contributed by atoms with Crippen molar-refractivity contribution < 1.29 is 47.8 Å². The van der Waals surface area contributed by atoms with Crippen molar-refractivity contribution in [3.05, 3.63) is 273 Å². The van der Waals surface area contributed by atoms with E-state index >= 15 is 0 Å². The van der Waals surface area contributed by atoms with Gasteiger partial charge in [-0.05, 0) is 150 Å². The number of rotatable bonds is 27. The molecule has 0 saturated carbocycles. The van der Waals surface area contributed by atoms with Gasteiger partial charge in [-0.15, -0.1) is 0 Å². The molecule has 3 N–H and O–H groups in total. The van der Waals surface area contributed by atoms with Crippen molar-refractivity contribution in [1.29, 1.82) is 0 Å². The van der Waals surface area contributed by atoms with E-state index in [0.717, 1.165) is 103 Å². The van der Waals surface area contributed by atoms with Gasteiger partial charge >= 0.3 is 0 Å². The fourth-order valence-corrected chi connectivity index (χ4v) is 12.2. The van der Waals surface area contributed by atoms with Gasteiger partial charge in [-0.25, -0.2) is 0 Å². The van der Waals surface area contributed by atoms with Gasteiger partial charge in [0.25, 0.3) is 5.91 Å². The molecule has 12 rings (SSSR count). The molecule has 0 unspecified atom stereocenters. The van der Waals surface area contributed by atoms with E-state index in [2.05, 4.69) is 105 Å². The molecule has 17 nitrogen and oxygen atoms in total. The van der Waals surface area contributed by atoms with E-state index in [-0.39, 0.29) is 60.8 Å². The van der Waals surface area contributed by atoms with E-state index in [1.165, 1.54) is 6.08 Å². The van der Waals surface area contributed by atoms with Gasteiger partial charge < -0.3 is 49.8 Å². The molecule has 7 amide bonds. The zero-order valence-electron chi connectivity index (χ0n) is 67.0. The largest absolute Gasteiger partial charge is 0.381 e. The second-order valence-corrected chi connectivity index (χ2v) is 29.5. The number of benzene rings is 8. The third-order valence-corrected chi connectivity index (χ3v) is 18.7. The number of para-hydroxylation sites is 4. The minimum Gasteiger partial charge on any atom is -0.381 e. The minimum absolute atomic E-state index is 0.0327. The summed E-state index contributed by atoms with van der Waals surface area (Å²) in [4.78, 5) is 95.2. The third kappa shape index (κ3) is 27.4. The Labute approximate surface area is 673 Å². The fourth-order valence-electron chi connectivity index (χ4n) is 12.2. The Morgan fingerprint density at radius 3 is 1.01 bits per heavy atom. The smallest absolute Gasteiger partial charge is 0.253 e. The normalized spacial score (nSPS) is 12.3. The summed E-state index contributed by atoms with van der Waals surface area (Å²) < 4.78 is 16.8. The Morgan fingerprint density at radius 1 is 0.342 bits per heavy atom. The lowest BCUT2D eigenvalue weighted by Gasteiger charge is -2.26. The Kier molecular flexibility index (Phi) is 34.2. The van der Waals surface area contributed by atoms with Gasteiger partial charge in [0, 0.05) is 84.0 Å². The van der Waals surface area contributed by atoms with E-state index in [9.17, 15) is 33.6 Å². The molecular formula is C97H105N7O10. The van der Waals surface area contributed by atoms with E-state index in [1.54, 1.807) is 14.7 Å². The van der Waals surface area contributed by atoms with Gasteiger partial charge in [-0.3, -0.25) is 33.6 Å². The molecule has 0 fully saturated rings. The highest BCUT2D eigenvalue weighted by Gasteiger charge is 2.27. The van der Waals surface area contributed by atoms with Gasteiger partial charge in [0.15, 0.2) is 0 Å². The van der Waals surface area contributed by atoms with Crippen molar-refractivity contribution in [3.63, 3.8) is 0 Å². The average molecular weight is 1530 g/mol. The first kappa shape index (κ1) is 85.9. The van der Waals surface area contributed by atoms with Crippen LogP contribution >= 0.6 is 0 Å². The second kappa shape index (κ2) is 45.4. The van der Waals surface area contributed by atoms with Crippen molar-refractivity contribution in [1.82, 2.24) is 16.0 Å². The van der Waals surface area contributed by atoms with Gasteiger partial charge in [0.05, 0.1) is 68.6 Å². The van der Waals surface area contributed by atoms with Crippen molar-refractivity contribution >= 4 is 64.1 Å². The Morgan fingerprint density at radius 2 is 0.640 bits per heavy atom. The number of anilines is 4. The molecule has 0 aromatic heterocycles. The number of allylic oxidation sites excluding steroid dienone is 1. The lowest BCUT2D eigenvalue weighted by molar-refractivity contribution is -0.129. The maximum Gasteiger partial charge on any atom is 0.253 e. The van der Waals surface area contributed by atoms with Crippen LogP contribution in [0.5, 0.6) is 0 Å². The molecule has 0 saturated heterocycles. The van der Waals surface area contributed by atoms with Gasteiger partial charge in [-0.1, -0.05) is 230 Å². The molecule has 8 aromatic rings. The molecule has 588 valence electrons. The molecule has 17 heteroatoms. The summed E-state index contributed by atoms with van der Waals surface area (Å²) in [7, 11) is 0. The average Bonchev–Trinajstić information content (AvgIpc) is 0.823. The molecule has 114 heavy (non-hydrogen) atoms. The number of fused-ring (bicyclic) bond motifs is 8. The number of carbonyl (C=O) groups excluding carboxylic acids is 7. The lowest BCUT2D eigenvalue weighted by atomic mass is 10.0.